The second-order valence-corrected chi connectivity index (χ2v) is 12.9. The second kappa shape index (κ2) is 14.7. The van der Waals surface area contributed by atoms with Crippen molar-refractivity contribution < 1.29 is 24.2 Å². The second-order valence-electron chi connectivity index (χ2n) is 12.9. The third kappa shape index (κ3) is 8.88. The van der Waals surface area contributed by atoms with Gasteiger partial charge >= 0.3 is 12.2 Å². The first-order chi connectivity index (χ1) is 21.7. The summed E-state index contributed by atoms with van der Waals surface area (Å²) in [6, 6.07) is 24.0. The number of hydrogen-bond acceptors (Lipinski definition) is 5. The highest BCUT2D eigenvalue weighted by molar-refractivity contribution is 5.94. The van der Waals surface area contributed by atoms with Crippen molar-refractivity contribution in [2.75, 3.05) is 37.7 Å². The van der Waals surface area contributed by atoms with Crippen LogP contribution in [0.25, 0.3) is 17.2 Å². The summed E-state index contributed by atoms with van der Waals surface area (Å²) < 4.78 is 11.2. The zero-order valence-corrected chi connectivity index (χ0v) is 26.6. The van der Waals surface area contributed by atoms with Gasteiger partial charge in [-0.15, -0.1) is 0 Å². The number of carbonyl (C=O) groups is 2. The lowest BCUT2D eigenvalue weighted by atomic mass is 9.82. The fourth-order valence-electron chi connectivity index (χ4n) is 6.20. The van der Waals surface area contributed by atoms with Gasteiger partial charge in [-0.2, -0.15) is 0 Å². The fourth-order valence-corrected chi connectivity index (χ4v) is 6.20. The molecule has 3 aromatic carbocycles. The number of fused-ring (bicyclic) bond motifs is 3. The zero-order valence-electron chi connectivity index (χ0n) is 26.6. The van der Waals surface area contributed by atoms with Crippen LogP contribution in [0.2, 0.25) is 0 Å². The quantitative estimate of drug-likeness (QED) is 0.219. The van der Waals surface area contributed by atoms with Gasteiger partial charge in [-0.1, -0.05) is 66.7 Å². The molecule has 45 heavy (non-hydrogen) atoms. The third-order valence-corrected chi connectivity index (χ3v) is 8.39. The number of carboxylic acid groups (broad SMARTS) is 1. The van der Waals surface area contributed by atoms with Crippen molar-refractivity contribution in [2.45, 2.75) is 58.1 Å². The summed E-state index contributed by atoms with van der Waals surface area (Å²) in [6.45, 7) is 9.44. The van der Waals surface area contributed by atoms with Crippen molar-refractivity contribution in [1.82, 2.24) is 10.2 Å². The first-order valence-electron chi connectivity index (χ1n) is 16.0. The molecule has 3 saturated heterocycles. The molecular weight excluding hydrogens is 566 g/mol. The van der Waals surface area contributed by atoms with Crippen LogP contribution in [0.3, 0.4) is 0 Å². The molecule has 0 aromatic heterocycles. The summed E-state index contributed by atoms with van der Waals surface area (Å²) in [5.41, 5.74) is 4.23. The van der Waals surface area contributed by atoms with Crippen molar-refractivity contribution in [3.05, 3.63) is 90.0 Å². The number of benzene rings is 3. The van der Waals surface area contributed by atoms with Gasteiger partial charge in [-0.25, -0.2) is 9.59 Å². The minimum Gasteiger partial charge on any atom is -0.493 e. The lowest BCUT2D eigenvalue weighted by Gasteiger charge is -2.48. The van der Waals surface area contributed by atoms with E-state index in [4.69, 9.17) is 9.47 Å². The first-order valence-corrected chi connectivity index (χ1v) is 16.0. The minimum atomic E-state index is -0.897. The van der Waals surface area contributed by atoms with Crippen LogP contribution in [0.15, 0.2) is 78.9 Å². The fraction of sp³-hybridized carbons (Fsp3) is 0.405. The highest BCUT2D eigenvalue weighted by atomic mass is 16.6. The van der Waals surface area contributed by atoms with E-state index >= 15 is 0 Å². The lowest BCUT2D eigenvalue weighted by Crippen LogP contribution is -2.59. The van der Waals surface area contributed by atoms with Crippen LogP contribution in [0, 0.1) is 5.92 Å². The van der Waals surface area contributed by atoms with Crippen molar-refractivity contribution in [3.63, 3.8) is 0 Å². The van der Waals surface area contributed by atoms with Crippen LogP contribution >= 0.6 is 0 Å². The Bertz CT molecular complexity index is 1460. The number of anilines is 1. The number of carbonyl (C=O) groups excluding carboxylic acids is 1. The summed E-state index contributed by atoms with van der Waals surface area (Å²) in [5, 5.41) is 13.3. The number of amides is 2. The number of ether oxygens (including phenoxy) is 2. The number of piperidine rings is 3. The Morgan fingerprint density at radius 2 is 1.76 bits per heavy atom. The van der Waals surface area contributed by atoms with Crippen LogP contribution in [-0.2, 0) is 11.2 Å². The summed E-state index contributed by atoms with van der Waals surface area (Å²) in [7, 11) is 0. The number of rotatable bonds is 11. The Labute approximate surface area is 266 Å². The summed E-state index contributed by atoms with van der Waals surface area (Å²) >= 11 is 0. The Balaban J connectivity index is 1.19. The monoisotopic (exact) mass is 611 g/mol. The normalized spacial score (nSPS) is 19.3. The van der Waals surface area contributed by atoms with Crippen LogP contribution < -0.4 is 15.0 Å². The van der Waals surface area contributed by atoms with E-state index in [9.17, 15) is 14.7 Å². The molecule has 2 N–H and O–H groups in total. The van der Waals surface area contributed by atoms with Gasteiger partial charge in [0.25, 0.3) is 0 Å². The van der Waals surface area contributed by atoms with E-state index in [0.717, 1.165) is 66.2 Å². The topological polar surface area (TPSA) is 91.3 Å². The molecule has 0 unspecified atom stereocenters. The maximum absolute atomic E-state index is 12.8. The van der Waals surface area contributed by atoms with Gasteiger partial charge in [0.15, 0.2) is 0 Å². The lowest BCUT2D eigenvalue weighted by molar-refractivity contribution is 0.0528. The molecule has 238 valence electrons. The molecule has 0 aliphatic carbocycles. The molecule has 3 fully saturated rings. The van der Waals surface area contributed by atoms with Gasteiger partial charge in [-0.3, -0.25) is 4.90 Å². The average molecular weight is 612 g/mol. The number of alkyl carbamates (subject to hydrolysis) is 1. The Hall–Kier alpha value is -4.30. The molecule has 2 amide bonds. The predicted molar refractivity (Wildman–Crippen MR) is 179 cm³/mol. The van der Waals surface area contributed by atoms with E-state index in [2.05, 4.69) is 22.4 Å². The van der Waals surface area contributed by atoms with Gasteiger partial charge in [0, 0.05) is 18.7 Å². The Kier molecular flexibility index (Phi) is 10.5. The van der Waals surface area contributed by atoms with Crippen molar-refractivity contribution in [2.24, 2.45) is 5.92 Å². The highest BCUT2D eigenvalue weighted by Gasteiger charge is 2.40. The van der Waals surface area contributed by atoms with E-state index in [1.807, 2.05) is 93.6 Å². The van der Waals surface area contributed by atoms with Crippen molar-refractivity contribution in [1.29, 1.82) is 0 Å². The maximum Gasteiger partial charge on any atom is 0.412 e. The SMILES string of the molecule is CC(C)(C)OC(=O)NCCc1ccc(OCCC=Cc2ccc(-c3ccccc3)c(N(C(=O)O)[C@H]3CN4CCC3CC4)c2)cc1. The molecule has 2 bridgehead atoms. The average Bonchev–Trinajstić information content (AvgIpc) is 3.02. The molecule has 0 spiro atoms. The first kappa shape index (κ1) is 32.1. The van der Waals surface area contributed by atoms with Crippen LogP contribution in [0.4, 0.5) is 15.3 Å². The number of nitrogens with one attached hydrogen (secondary N) is 1. The molecule has 3 aliphatic rings. The summed E-state index contributed by atoms with van der Waals surface area (Å²) in [6.07, 6.45) is 6.30. The molecule has 8 nitrogen and oxygen atoms in total. The molecule has 3 heterocycles. The van der Waals surface area contributed by atoms with E-state index in [1.54, 1.807) is 4.90 Å². The molecule has 0 saturated carbocycles. The largest absolute Gasteiger partial charge is 0.493 e. The smallest absolute Gasteiger partial charge is 0.412 e. The molecule has 3 aliphatic heterocycles. The van der Waals surface area contributed by atoms with E-state index < -0.39 is 17.8 Å². The van der Waals surface area contributed by atoms with Gasteiger partial charge < -0.3 is 24.8 Å². The van der Waals surface area contributed by atoms with Crippen LogP contribution in [0.5, 0.6) is 5.75 Å². The van der Waals surface area contributed by atoms with Gasteiger partial charge in [-0.05, 0) is 100 Å². The number of hydrogen-bond donors (Lipinski definition) is 2. The van der Waals surface area contributed by atoms with Crippen molar-refractivity contribution in [3.8, 4) is 16.9 Å². The van der Waals surface area contributed by atoms with E-state index in [0.29, 0.717) is 31.9 Å². The number of nitrogens with zero attached hydrogens (tertiary/aromatic N) is 2. The zero-order chi connectivity index (χ0) is 31.8. The van der Waals surface area contributed by atoms with Gasteiger partial charge in [0.1, 0.15) is 11.4 Å². The van der Waals surface area contributed by atoms with Gasteiger partial charge in [0.2, 0.25) is 0 Å². The Morgan fingerprint density at radius 3 is 2.40 bits per heavy atom. The van der Waals surface area contributed by atoms with Crippen LogP contribution in [-0.4, -0.2) is 66.6 Å². The van der Waals surface area contributed by atoms with Crippen molar-refractivity contribution >= 4 is 23.9 Å². The standard InChI is InChI=1S/C37H45N3O5/c1-37(2,3)45-35(41)38-21-18-27-12-15-31(16-13-27)44-24-8-7-9-28-14-17-32(29-10-5-4-6-11-29)33(25-28)40(36(42)43)34-26-39-22-19-30(34)20-23-39/h4-7,9-17,25,30,34H,8,18-24,26H2,1-3H3,(H,38,41)(H,42,43)/t34-/m0/s1. The molecular formula is C37H45N3O5. The summed E-state index contributed by atoms with van der Waals surface area (Å²) in [5.74, 6) is 1.17. The molecule has 1 atom stereocenters. The molecule has 0 radical (unpaired) electrons. The molecule has 3 aromatic rings. The predicted octanol–water partition coefficient (Wildman–Crippen LogP) is 7.48. The maximum atomic E-state index is 12.8. The van der Waals surface area contributed by atoms with E-state index in [-0.39, 0.29) is 6.04 Å². The molecule has 8 heteroatoms. The van der Waals surface area contributed by atoms with Crippen LogP contribution in [0.1, 0.15) is 51.2 Å². The minimum absolute atomic E-state index is 0.0484. The summed E-state index contributed by atoms with van der Waals surface area (Å²) in [4.78, 5) is 28.6. The molecule has 6 rings (SSSR count). The Morgan fingerprint density at radius 1 is 1.02 bits per heavy atom. The van der Waals surface area contributed by atoms with E-state index in [1.165, 1.54) is 0 Å². The highest BCUT2D eigenvalue weighted by Crippen LogP contribution is 2.39. The van der Waals surface area contributed by atoms with Gasteiger partial charge in [0.05, 0.1) is 18.3 Å². The third-order valence-electron chi connectivity index (χ3n) is 8.39.